The molecule has 2 aromatic heterocycles. The Morgan fingerprint density at radius 1 is 1.24 bits per heavy atom. The van der Waals surface area contributed by atoms with Gasteiger partial charge in [0, 0.05) is 25.9 Å². The minimum Gasteiger partial charge on any atom is -0.381 e. The predicted molar refractivity (Wildman–Crippen MR) is 82.8 cm³/mol. The fraction of sp³-hybridized carbons (Fsp3) is 0.600. The van der Waals surface area contributed by atoms with Crippen molar-refractivity contribution in [2.24, 2.45) is 0 Å². The first-order valence-corrected chi connectivity index (χ1v) is 8.39. The van der Waals surface area contributed by atoms with Crippen LogP contribution in [0.3, 0.4) is 0 Å². The van der Waals surface area contributed by atoms with Gasteiger partial charge in [-0.2, -0.15) is 0 Å². The standard InChI is InChI=1S/C15H19N3O2S/c1-5-20-15(3-6-19-7-4-15)9-11(1)18-14-13-12(2-8-21-13)16-10-17-14/h2,8,10-11H,1,3-7,9H2,(H,16,17,18). The smallest absolute Gasteiger partial charge is 0.147 e. The van der Waals surface area contributed by atoms with Crippen LogP contribution in [-0.2, 0) is 9.47 Å². The van der Waals surface area contributed by atoms with Gasteiger partial charge in [-0.05, 0) is 37.1 Å². The molecule has 4 heterocycles. The highest BCUT2D eigenvalue weighted by Crippen LogP contribution is 2.36. The first-order valence-electron chi connectivity index (χ1n) is 7.51. The Bertz CT molecular complexity index is 619. The Kier molecular flexibility index (Phi) is 3.52. The van der Waals surface area contributed by atoms with Crippen molar-refractivity contribution in [1.29, 1.82) is 0 Å². The Balaban J connectivity index is 1.52. The Labute approximate surface area is 127 Å². The van der Waals surface area contributed by atoms with Gasteiger partial charge in [0.1, 0.15) is 12.1 Å². The van der Waals surface area contributed by atoms with Crippen molar-refractivity contribution in [3.05, 3.63) is 17.8 Å². The summed E-state index contributed by atoms with van der Waals surface area (Å²) in [6.45, 7) is 2.45. The quantitative estimate of drug-likeness (QED) is 0.924. The van der Waals surface area contributed by atoms with Crippen molar-refractivity contribution in [3.8, 4) is 0 Å². The molecule has 0 amide bonds. The van der Waals surface area contributed by atoms with Gasteiger partial charge < -0.3 is 14.8 Å². The lowest BCUT2D eigenvalue weighted by Gasteiger charge is -2.43. The minimum absolute atomic E-state index is 0.00969. The highest BCUT2D eigenvalue weighted by Gasteiger charge is 2.39. The van der Waals surface area contributed by atoms with Crippen molar-refractivity contribution in [3.63, 3.8) is 0 Å². The summed E-state index contributed by atoms with van der Waals surface area (Å²) in [5.74, 6) is 0.962. The molecule has 5 nitrogen and oxygen atoms in total. The van der Waals surface area contributed by atoms with Gasteiger partial charge in [0.25, 0.3) is 0 Å². The summed E-state index contributed by atoms with van der Waals surface area (Å²) in [6.07, 6.45) is 5.71. The number of hydrogen-bond donors (Lipinski definition) is 1. The molecule has 0 radical (unpaired) electrons. The SMILES string of the molecule is c1nc(NC2CCOC3(CCOCC3)C2)c2sccc2n1. The van der Waals surface area contributed by atoms with Crippen LogP contribution in [0.2, 0.25) is 0 Å². The van der Waals surface area contributed by atoms with Crippen LogP contribution in [0, 0.1) is 0 Å². The largest absolute Gasteiger partial charge is 0.381 e. The first kappa shape index (κ1) is 13.4. The van der Waals surface area contributed by atoms with Crippen LogP contribution in [0.4, 0.5) is 5.82 Å². The second-order valence-corrected chi connectivity index (χ2v) is 6.75. The van der Waals surface area contributed by atoms with E-state index in [9.17, 15) is 0 Å². The third-order valence-corrected chi connectivity index (χ3v) is 5.39. The van der Waals surface area contributed by atoms with Crippen LogP contribution in [-0.4, -0.2) is 41.4 Å². The second kappa shape index (κ2) is 5.51. The molecule has 0 bridgehead atoms. The number of rotatable bonds is 2. The summed E-state index contributed by atoms with van der Waals surface area (Å²) in [6, 6.07) is 2.45. The van der Waals surface area contributed by atoms with E-state index in [4.69, 9.17) is 9.47 Å². The molecule has 6 heteroatoms. The van der Waals surface area contributed by atoms with Gasteiger partial charge in [-0.1, -0.05) is 0 Å². The van der Waals surface area contributed by atoms with Gasteiger partial charge in [-0.3, -0.25) is 0 Å². The van der Waals surface area contributed by atoms with Gasteiger partial charge in [0.15, 0.2) is 0 Å². The highest BCUT2D eigenvalue weighted by molar-refractivity contribution is 7.17. The Morgan fingerprint density at radius 2 is 2.14 bits per heavy atom. The maximum absolute atomic E-state index is 6.10. The molecule has 2 aliphatic heterocycles. The number of thiophene rings is 1. The summed E-state index contributed by atoms with van der Waals surface area (Å²) in [5, 5.41) is 5.68. The average Bonchev–Trinajstić information content (AvgIpc) is 2.98. The topological polar surface area (TPSA) is 56.3 Å². The number of anilines is 1. The second-order valence-electron chi connectivity index (χ2n) is 5.84. The van der Waals surface area contributed by atoms with Gasteiger partial charge in [0.05, 0.1) is 15.8 Å². The molecule has 0 saturated carbocycles. The van der Waals surface area contributed by atoms with Crippen LogP contribution < -0.4 is 5.32 Å². The van der Waals surface area contributed by atoms with Gasteiger partial charge in [-0.25, -0.2) is 9.97 Å². The zero-order valence-corrected chi connectivity index (χ0v) is 12.7. The summed E-state index contributed by atoms with van der Waals surface area (Å²) in [5.41, 5.74) is 1.03. The van der Waals surface area contributed by atoms with Gasteiger partial charge in [-0.15, -0.1) is 11.3 Å². The fourth-order valence-electron chi connectivity index (χ4n) is 3.33. The third-order valence-electron chi connectivity index (χ3n) is 4.48. The van der Waals surface area contributed by atoms with Crippen molar-refractivity contribution in [1.82, 2.24) is 9.97 Å². The molecule has 2 fully saturated rings. The number of nitrogens with one attached hydrogen (secondary N) is 1. The van der Waals surface area contributed by atoms with E-state index in [1.165, 1.54) is 0 Å². The predicted octanol–water partition coefficient (Wildman–Crippen LogP) is 2.83. The van der Waals surface area contributed by atoms with Gasteiger partial charge in [0.2, 0.25) is 0 Å². The number of nitrogens with zero attached hydrogens (tertiary/aromatic N) is 2. The van der Waals surface area contributed by atoms with Crippen molar-refractivity contribution in [2.75, 3.05) is 25.1 Å². The maximum Gasteiger partial charge on any atom is 0.147 e. The molecule has 1 unspecified atom stereocenters. The molecule has 21 heavy (non-hydrogen) atoms. The fourth-order valence-corrected chi connectivity index (χ4v) is 4.13. The first-order chi connectivity index (χ1) is 10.3. The van der Waals surface area contributed by atoms with Crippen molar-refractivity contribution in [2.45, 2.75) is 37.3 Å². The maximum atomic E-state index is 6.10. The van der Waals surface area contributed by atoms with E-state index in [1.54, 1.807) is 17.7 Å². The van der Waals surface area contributed by atoms with E-state index in [-0.39, 0.29) is 5.60 Å². The van der Waals surface area contributed by atoms with Crippen LogP contribution in [0.25, 0.3) is 10.2 Å². The molecule has 2 aliphatic rings. The number of fused-ring (bicyclic) bond motifs is 1. The number of ether oxygens (including phenoxy) is 2. The third kappa shape index (κ3) is 2.63. The van der Waals surface area contributed by atoms with E-state index in [0.29, 0.717) is 6.04 Å². The highest BCUT2D eigenvalue weighted by atomic mass is 32.1. The van der Waals surface area contributed by atoms with Gasteiger partial charge >= 0.3 is 0 Å². The van der Waals surface area contributed by atoms with Crippen LogP contribution >= 0.6 is 11.3 Å². The molecule has 2 aromatic rings. The molecular weight excluding hydrogens is 286 g/mol. The number of hydrogen-bond acceptors (Lipinski definition) is 6. The van der Waals surface area contributed by atoms with E-state index in [2.05, 4.69) is 20.7 Å². The monoisotopic (exact) mass is 305 g/mol. The Morgan fingerprint density at radius 3 is 3.05 bits per heavy atom. The molecule has 1 atom stereocenters. The lowest BCUT2D eigenvalue weighted by molar-refractivity contribution is -0.135. The van der Waals surface area contributed by atoms with E-state index < -0.39 is 0 Å². The summed E-state index contributed by atoms with van der Waals surface area (Å²) in [4.78, 5) is 8.73. The summed E-state index contributed by atoms with van der Waals surface area (Å²) >= 11 is 1.69. The van der Waals surface area contributed by atoms with Crippen molar-refractivity contribution < 1.29 is 9.47 Å². The van der Waals surface area contributed by atoms with E-state index in [0.717, 1.165) is 61.5 Å². The van der Waals surface area contributed by atoms with Crippen molar-refractivity contribution >= 4 is 27.4 Å². The lowest BCUT2D eigenvalue weighted by atomic mass is 9.84. The minimum atomic E-state index is 0.00969. The normalized spacial score (nSPS) is 25.2. The molecule has 1 spiro atoms. The zero-order valence-electron chi connectivity index (χ0n) is 11.9. The van der Waals surface area contributed by atoms with E-state index in [1.807, 2.05) is 6.07 Å². The molecular formula is C15H19N3O2S. The van der Waals surface area contributed by atoms with Crippen LogP contribution in [0.5, 0.6) is 0 Å². The molecule has 2 saturated heterocycles. The Hall–Kier alpha value is -1.24. The molecule has 4 rings (SSSR count). The molecule has 1 N–H and O–H groups in total. The average molecular weight is 305 g/mol. The molecule has 0 aromatic carbocycles. The zero-order chi connectivity index (χ0) is 14.1. The lowest BCUT2D eigenvalue weighted by Crippen LogP contribution is -2.47. The number of aromatic nitrogens is 2. The molecule has 112 valence electrons. The van der Waals surface area contributed by atoms with E-state index >= 15 is 0 Å². The summed E-state index contributed by atoms with van der Waals surface area (Å²) in [7, 11) is 0. The summed E-state index contributed by atoms with van der Waals surface area (Å²) < 4.78 is 12.7. The van der Waals surface area contributed by atoms with Crippen LogP contribution in [0.15, 0.2) is 17.8 Å². The van der Waals surface area contributed by atoms with Crippen LogP contribution in [0.1, 0.15) is 25.7 Å². The molecule has 0 aliphatic carbocycles.